The average molecular weight is 717 g/mol. The van der Waals surface area contributed by atoms with Gasteiger partial charge in [-0.1, -0.05) is 38.0 Å². The number of carbonyl (C=O) groups excluding carboxylic acids is 5. The molecule has 0 amide bonds. The maximum absolute atomic E-state index is 13.8. The number of hydrogen-bond acceptors (Lipinski definition) is 11. The largest absolute Gasteiger partial charge is 0.481 e. The number of fused-ring (bicyclic) bond motifs is 5. The van der Waals surface area contributed by atoms with Crippen LogP contribution in [-0.2, 0) is 43.0 Å². The summed E-state index contributed by atoms with van der Waals surface area (Å²) in [5.74, 6) is -4.15. The number of carboxylic acids is 1. The molecule has 0 heterocycles. The standard InChI is InChI=1S/C39H56O12/c1-23(2)24(3)20-34(46)50-30-22-29-35(6)16-15-28(49-32(44)12-8-10-25(4)40)21-27(35)14-17-37(29,47)39(48)19-18-38(26(5)41,36(30,39)7)51-33(45)13-9-11-31(42)43/h14,20,23,28-30,47-48H,8-13,15-19,21-22H2,1-7H3,(H,42,43)/b24-20+/t28-,29?,30+,35-,36+,37-,38+,39+/m0/s1. The second kappa shape index (κ2) is 14.9. The van der Waals surface area contributed by atoms with E-state index in [1.165, 1.54) is 19.9 Å². The average Bonchev–Trinajstić information content (AvgIpc) is 3.27. The molecule has 51 heavy (non-hydrogen) atoms. The zero-order valence-corrected chi connectivity index (χ0v) is 31.2. The summed E-state index contributed by atoms with van der Waals surface area (Å²) in [5.41, 5.74) is -6.65. The topological polar surface area (TPSA) is 191 Å². The van der Waals surface area contributed by atoms with Gasteiger partial charge in [-0.3, -0.25) is 19.2 Å². The molecule has 3 saturated carbocycles. The quantitative estimate of drug-likeness (QED) is 0.0935. The van der Waals surface area contributed by atoms with Gasteiger partial charge in [-0.05, 0) is 90.4 Å². The Morgan fingerprint density at radius 2 is 1.55 bits per heavy atom. The molecule has 4 aliphatic rings. The lowest BCUT2D eigenvalue weighted by Gasteiger charge is -2.67. The molecule has 0 bridgehead atoms. The molecule has 0 saturated heterocycles. The molecule has 0 radical (unpaired) electrons. The lowest BCUT2D eigenvalue weighted by atomic mass is 9.42. The lowest BCUT2D eigenvalue weighted by molar-refractivity contribution is -0.315. The molecule has 0 aromatic carbocycles. The molecule has 284 valence electrons. The molecule has 0 aromatic heterocycles. The number of ether oxygens (including phenoxy) is 3. The third kappa shape index (κ3) is 7.19. The fourth-order valence-corrected chi connectivity index (χ4v) is 9.55. The molecule has 12 heteroatoms. The summed E-state index contributed by atoms with van der Waals surface area (Å²) in [4.78, 5) is 75.6. The number of Topliss-reactive ketones (excluding diaryl/α,β-unsaturated/α-hetero) is 2. The first kappa shape index (κ1) is 40.4. The zero-order chi connectivity index (χ0) is 38.2. The number of esters is 3. The van der Waals surface area contributed by atoms with Crippen molar-refractivity contribution in [2.45, 2.75) is 161 Å². The van der Waals surface area contributed by atoms with Crippen LogP contribution in [0.5, 0.6) is 0 Å². The fourth-order valence-electron chi connectivity index (χ4n) is 9.55. The Morgan fingerprint density at radius 1 is 0.902 bits per heavy atom. The third-order valence-electron chi connectivity index (χ3n) is 12.9. The van der Waals surface area contributed by atoms with Crippen LogP contribution in [0.1, 0.15) is 132 Å². The summed E-state index contributed by atoms with van der Waals surface area (Å²) >= 11 is 0. The van der Waals surface area contributed by atoms with E-state index in [0.717, 1.165) is 11.1 Å². The first-order valence-electron chi connectivity index (χ1n) is 18.3. The van der Waals surface area contributed by atoms with Crippen LogP contribution >= 0.6 is 0 Å². The third-order valence-corrected chi connectivity index (χ3v) is 12.9. The number of hydrogen-bond donors (Lipinski definition) is 3. The number of aliphatic carboxylic acids is 1. The predicted octanol–water partition coefficient (Wildman–Crippen LogP) is 5.10. The van der Waals surface area contributed by atoms with Gasteiger partial charge >= 0.3 is 23.9 Å². The number of allylic oxidation sites excluding steroid dienone is 1. The van der Waals surface area contributed by atoms with Gasteiger partial charge in [0.1, 0.15) is 29.2 Å². The second-order valence-corrected chi connectivity index (χ2v) is 16.1. The number of ketones is 2. The van der Waals surface area contributed by atoms with Crippen LogP contribution < -0.4 is 0 Å². The Morgan fingerprint density at radius 3 is 2.16 bits per heavy atom. The minimum atomic E-state index is -2.07. The smallest absolute Gasteiger partial charge is 0.330 e. The van der Waals surface area contributed by atoms with E-state index in [4.69, 9.17) is 19.3 Å². The summed E-state index contributed by atoms with van der Waals surface area (Å²) in [6.07, 6.45) is 3.14. The molecule has 12 nitrogen and oxygen atoms in total. The molecule has 8 atom stereocenters. The SMILES string of the molecule is CC(=O)CCCC(=O)O[C@H]1CC[C@@]2(C)C(=CC[C@]3(O)C2C[C@@H](OC(=O)/C=C(\C)C(C)C)[C@@]2(C)[C@]3(O)CC[C@@]2(OC(=O)CCCC(=O)O)C(C)=O)C1. The van der Waals surface area contributed by atoms with E-state index in [2.05, 4.69) is 0 Å². The Balaban J connectivity index is 1.74. The van der Waals surface area contributed by atoms with E-state index in [0.29, 0.717) is 32.1 Å². The minimum absolute atomic E-state index is 0.00152. The first-order valence-corrected chi connectivity index (χ1v) is 18.3. The van der Waals surface area contributed by atoms with Crippen molar-refractivity contribution in [1.29, 1.82) is 0 Å². The molecule has 0 aromatic rings. The molecule has 0 aliphatic heterocycles. The maximum atomic E-state index is 13.8. The van der Waals surface area contributed by atoms with E-state index in [-0.39, 0.29) is 69.0 Å². The molecule has 4 rings (SSSR count). The Bertz CT molecular complexity index is 1490. The number of rotatable bonds is 14. The van der Waals surface area contributed by atoms with Crippen LogP contribution in [0.15, 0.2) is 23.3 Å². The van der Waals surface area contributed by atoms with Crippen molar-refractivity contribution in [3.63, 3.8) is 0 Å². The Kier molecular flexibility index (Phi) is 11.8. The van der Waals surface area contributed by atoms with E-state index < -0.39 is 69.5 Å². The Hall–Kier alpha value is -3.38. The summed E-state index contributed by atoms with van der Waals surface area (Å²) in [6, 6.07) is 0. The molecule has 4 aliphatic carbocycles. The summed E-state index contributed by atoms with van der Waals surface area (Å²) in [5, 5.41) is 35.0. The van der Waals surface area contributed by atoms with Gasteiger partial charge in [-0.2, -0.15) is 0 Å². The van der Waals surface area contributed by atoms with Crippen LogP contribution in [0.4, 0.5) is 0 Å². The summed E-state index contributed by atoms with van der Waals surface area (Å²) in [7, 11) is 0. The van der Waals surface area contributed by atoms with Gasteiger partial charge in [-0.15, -0.1) is 0 Å². The lowest BCUT2D eigenvalue weighted by Crippen LogP contribution is -2.78. The number of aliphatic hydroxyl groups is 2. The predicted molar refractivity (Wildman–Crippen MR) is 184 cm³/mol. The van der Waals surface area contributed by atoms with Crippen LogP contribution in [0.2, 0.25) is 0 Å². The monoisotopic (exact) mass is 716 g/mol. The maximum Gasteiger partial charge on any atom is 0.330 e. The van der Waals surface area contributed by atoms with Crippen molar-refractivity contribution in [2.24, 2.45) is 22.7 Å². The van der Waals surface area contributed by atoms with E-state index in [9.17, 15) is 39.0 Å². The Labute approximate surface area is 300 Å². The van der Waals surface area contributed by atoms with Gasteiger partial charge in [0, 0.05) is 44.1 Å². The van der Waals surface area contributed by atoms with Crippen molar-refractivity contribution in [3.05, 3.63) is 23.3 Å². The van der Waals surface area contributed by atoms with Gasteiger partial charge in [-0.25, -0.2) is 4.79 Å². The highest BCUT2D eigenvalue weighted by Gasteiger charge is 2.83. The van der Waals surface area contributed by atoms with Crippen molar-refractivity contribution in [3.8, 4) is 0 Å². The van der Waals surface area contributed by atoms with E-state index in [1.807, 2.05) is 26.8 Å². The van der Waals surface area contributed by atoms with Crippen LogP contribution in [0, 0.1) is 22.7 Å². The van der Waals surface area contributed by atoms with Crippen LogP contribution in [-0.4, -0.2) is 79.8 Å². The minimum Gasteiger partial charge on any atom is -0.481 e. The molecule has 0 spiro atoms. The highest BCUT2D eigenvalue weighted by molar-refractivity contribution is 5.90. The fraction of sp³-hybridized carbons (Fsp3) is 0.744. The highest BCUT2D eigenvalue weighted by Crippen LogP contribution is 2.71. The second-order valence-electron chi connectivity index (χ2n) is 16.1. The first-order chi connectivity index (χ1) is 23.7. The van der Waals surface area contributed by atoms with Gasteiger partial charge in [0.25, 0.3) is 0 Å². The summed E-state index contributed by atoms with van der Waals surface area (Å²) < 4.78 is 18.0. The number of carboxylic acid groups (broad SMARTS) is 1. The van der Waals surface area contributed by atoms with E-state index in [1.54, 1.807) is 13.8 Å². The van der Waals surface area contributed by atoms with Crippen molar-refractivity contribution >= 4 is 35.4 Å². The van der Waals surface area contributed by atoms with Gasteiger partial charge < -0.3 is 34.3 Å². The molecule has 3 fully saturated rings. The van der Waals surface area contributed by atoms with Gasteiger partial charge in [0.05, 0.1) is 5.41 Å². The molecule has 1 unspecified atom stereocenters. The van der Waals surface area contributed by atoms with Crippen LogP contribution in [0.3, 0.4) is 0 Å². The summed E-state index contributed by atoms with van der Waals surface area (Å²) in [6.45, 7) is 11.9. The van der Waals surface area contributed by atoms with Gasteiger partial charge in [0.2, 0.25) is 0 Å². The molecular weight excluding hydrogens is 660 g/mol. The number of carbonyl (C=O) groups is 6. The normalized spacial score (nSPS) is 35.8. The van der Waals surface area contributed by atoms with Crippen molar-refractivity contribution in [2.75, 3.05) is 0 Å². The van der Waals surface area contributed by atoms with Crippen molar-refractivity contribution in [1.82, 2.24) is 0 Å². The molecule has 3 N–H and O–H groups in total. The highest BCUT2D eigenvalue weighted by atomic mass is 16.6. The van der Waals surface area contributed by atoms with E-state index >= 15 is 0 Å². The van der Waals surface area contributed by atoms with Crippen molar-refractivity contribution < 1.29 is 58.3 Å². The molecular formula is C39H56O12. The van der Waals surface area contributed by atoms with Gasteiger partial charge in [0.15, 0.2) is 11.4 Å². The van der Waals surface area contributed by atoms with Crippen LogP contribution in [0.25, 0.3) is 0 Å². The zero-order valence-electron chi connectivity index (χ0n) is 31.2.